The summed E-state index contributed by atoms with van der Waals surface area (Å²) in [4.78, 5) is 11.1. The molecule has 2 N–H and O–H groups in total. The third kappa shape index (κ3) is 3.38. The van der Waals surface area contributed by atoms with Crippen molar-refractivity contribution in [1.29, 1.82) is 5.26 Å². The first kappa shape index (κ1) is 12.8. The molecule has 0 saturated heterocycles. The Morgan fingerprint density at radius 3 is 2.47 bits per heavy atom. The number of hydrogen-bond donors (Lipinski definition) is 2. The van der Waals surface area contributed by atoms with Crippen molar-refractivity contribution in [2.24, 2.45) is 0 Å². The Hall–Kier alpha value is -2.22. The van der Waals surface area contributed by atoms with Gasteiger partial charge in [0.25, 0.3) is 0 Å². The Kier molecular flexibility index (Phi) is 4.35. The van der Waals surface area contributed by atoms with Gasteiger partial charge in [-0.15, -0.1) is 0 Å². The molecule has 0 fully saturated rings. The summed E-state index contributed by atoms with van der Waals surface area (Å²) < 4.78 is 4.52. The minimum absolute atomic E-state index is 0.255. The minimum Gasteiger partial charge on any atom is -0.453 e. The van der Waals surface area contributed by atoms with Crippen molar-refractivity contribution >= 4 is 17.5 Å². The van der Waals surface area contributed by atoms with Crippen LogP contribution in [0.4, 0.5) is 16.2 Å². The lowest BCUT2D eigenvalue weighted by atomic mass is 10.1. The van der Waals surface area contributed by atoms with E-state index in [9.17, 15) is 4.79 Å². The fourth-order valence-corrected chi connectivity index (χ4v) is 1.61. The molecule has 0 aromatic heterocycles. The molecule has 0 unspecified atom stereocenters. The first-order valence-corrected chi connectivity index (χ1v) is 5.15. The molecule has 0 aliphatic rings. The van der Waals surface area contributed by atoms with Crippen LogP contribution >= 0.6 is 0 Å². The molecular formula is C12H15N3O2. The van der Waals surface area contributed by atoms with Gasteiger partial charge in [-0.25, -0.2) is 4.79 Å². The van der Waals surface area contributed by atoms with Gasteiger partial charge in [-0.05, 0) is 37.1 Å². The van der Waals surface area contributed by atoms with Crippen LogP contribution in [0.1, 0.15) is 11.1 Å². The number of aryl methyl sites for hydroxylation is 2. The molecule has 17 heavy (non-hydrogen) atoms. The average molecular weight is 233 g/mol. The molecule has 1 aromatic rings. The van der Waals surface area contributed by atoms with Crippen molar-refractivity contribution in [3.05, 3.63) is 23.3 Å². The molecule has 0 aliphatic carbocycles. The lowest BCUT2D eigenvalue weighted by Gasteiger charge is -2.13. The Morgan fingerprint density at radius 1 is 1.41 bits per heavy atom. The van der Waals surface area contributed by atoms with Crippen molar-refractivity contribution in [2.75, 3.05) is 24.3 Å². The van der Waals surface area contributed by atoms with Gasteiger partial charge in [0.05, 0.1) is 13.2 Å². The Balaban J connectivity index is 2.93. The zero-order valence-corrected chi connectivity index (χ0v) is 10.1. The summed E-state index contributed by atoms with van der Waals surface area (Å²) >= 11 is 0. The maximum atomic E-state index is 11.1. The maximum absolute atomic E-state index is 11.1. The van der Waals surface area contributed by atoms with E-state index in [2.05, 4.69) is 15.4 Å². The molecule has 1 rings (SSSR count). The second kappa shape index (κ2) is 5.75. The molecule has 0 spiro atoms. The number of benzene rings is 1. The number of rotatable bonds is 3. The van der Waals surface area contributed by atoms with Gasteiger partial charge in [-0.3, -0.25) is 5.32 Å². The van der Waals surface area contributed by atoms with E-state index in [1.807, 2.05) is 32.0 Å². The topological polar surface area (TPSA) is 74.2 Å². The number of amides is 1. The molecule has 0 heterocycles. The molecule has 90 valence electrons. The van der Waals surface area contributed by atoms with Gasteiger partial charge in [0, 0.05) is 11.4 Å². The number of nitrogens with zero attached hydrogens (tertiary/aromatic N) is 1. The number of nitrogens with one attached hydrogen (secondary N) is 2. The highest BCUT2D eigenvalue weighted by Gasteiger charge is 2.07. The quantitative estimate of drug-likeness (QED) is 0.786. The van der Waals surface area contributed by atoms with Crippen molar-refractivity contribution in [3.8, 4) is 6.07 Å². The van der Waals surface area contributed by atoms with Crippen LogP contribution < -0.4 is 10.6 Å². The van der Waals surface area contributed by atoms with Crippen LogP contribution in [0.15, 0.2) is 12.1 Å². The monoisotopic (exact) mass is 233 g/mol. The van der Waals surface area contributed by atoms with Gasteiger partial charge < -0.3 is 10.1 Å². The van der Waals surface area contributed by atoms with Crippen LogP contribution in [0.25, 0.3) is 0 Å². The highest BCUT2D eigenvalue weighted by molar-refractivity contribution is 5.85. The summed E-state index contributed by atoms with van der Waals surface area (Å²) in [6, 6.07) is 5.67. The van der Waals surface area contributed by atoms with Crippen LogP contribution in [0.3, 0.4) is 0 Å². The Bertz CT molecular complexity index is 440. The molecule has 5 heteroatoms. The normalized spacial score (nSPS) is 9.29. The van der Waals surface area contributed by atoms with Crippen LogP contribution in [0.2, 0.25) is 0 Å². The number of methoxy groups -OCH3 is 1. The van der Waals surface area contributed by atoms with E-state index in [0.717, 1.165) is 16.8 Å². The second-order valence-electron chi connectivity index (χ2n) is 3.61. The number of nitriles is 1. The van der Waals surface area contributed by atoms with Gasteiger partial charge in [-0.1, -0.05) is 0 Å². The van der Waals surface area contributed by atoms with Gasteiger partial charge in [-0.2, -0.15) is 5.26 Å². The predicted molar refractivity (Wildman–Crippen MR) is 66.0 cm³/mol. The number of ether oxygens (including phenoxy) is 1. The van der Waals surface area contributed by atoms with Crippen molar-refractivity contribution < 1.29 is 9.53 Å². The molecule has 0 radical (unpaired) electrons. The maximum Gasteiger partial charge on any atom is 0.411 e. The fraction of sp³-hybridized carbons (Fsp3) is 0.333. The van der Waals surface area contributed by atoms with Crippen LogP contribution in [-0.4, -0.2) is 19.7 Å². The summed E-state index contributed by atoms with van der Waals surface area (Å²) in [5.74, 6) is 0. The molecule has 0 bridgehead atoms. The van der Waals surface area contributed by atoms with Gasteiger partial charge >= 0.3 is 6.09 Å². The number of carbonyl (C=O) groups is 1. The first-order chi connectivity index (χ1) is 8.08. The van der Waals surface area contributed by atoms with Crippen molar-refractivity contribution in [3.63, 3.8) is 0 Å². The molecular weight excluding hydrogens is 218 g/mol. The van der Waals surface area contributed by atoms with Gasteiger partial charge in [0.2, 0.25) is 0 Å². The molecule has 0 aliphatic heterocycles. The predicted octanol–water partition coefficient (Wildman–Crippen LogP) is 2.42. The van der Waals surface area contributed by atoms with Crippen molar-refractivity contribution in [1.82, 2.24) is 0 Å². The summed E-state index contributed by atoms with van der Waals surface area (Å²) in [5.41, 5.74) is 3.52. The van der Waals surface area contributed by atoms with E-state index in [1.54, 1.807) is 0 Å². The lowest BCUT2D eigenvalue weighted by Crippen LogP contribution is -2.12. The molecule has 5 nitrogen and oxygen atoms in total. The summed E-state index contributed by atoms with van der Waals surface area (Å²) in [5, 5.41) is 14.2. The third-order valence-corrected chi connectivity index (χ3v) is 2.31. The summed E-state index contributed by atoms with van der Waals surface area (Å²) in [6.45, 7) is 4.08. The standard InChI is InChI=1S/C12H15N3O2/c1-8-6-10(15-12(16)17-3)7-9(2)11(8)14-5-4-13/h6-7,14H,5H2,1-3H3,(H,15,16). The third-order valence-electron chi connectivity index (χ3n) is 2.31. The highest BCUT2D eigenvalue weighted by atomic mass is 16.5. The van der Waals surface area contributed by atoms with E-state index in [1.165, 1.54) is 7.11 Å². The van der Waals surface area contributed by atoms with E-state index in [4.69, 9.17) is 5.26 Å². The van der Waals surface area contributed by atoms with Crippen LogP contribution in [-0.2, 0) is 4.74 Å². The smallest absolute Gasteiger partial charge is 0.411 e. The van der Waals surface area contributed by atoms with Crippen LogP contribution in [0.5, 0.6) is 0 Å². The molecule has 1 aromatic carbocycles. The van der Waals surface area contributed by atoms with Gasteiger partial charge in [0.15, 0.2) is 0 Å². The summed E-state index contributed by atoms with van der Waals surface area (Å²) in [6.07, 6.45) is -0.499. The van der Waals surface area contributed by atoms with E-state index >= 15 is 0 Å². The number of anilines is 2. The number of hydrogen-bond acceptors (Lipinski definition) is 4. The minimum atomic E-state index is -0.499. The Labute approximate surface area is 100 Å². The second-order valence-corrected chi connectivity index (χ2v) is 3.61. The largest absolute Gasteiger partial charge is 0.453 e. The number of carbonyl (C=O) groups excluding carboxylic acids is 1. The zero-order valence-electron chi connectivity index (χ0n) is 10.1. The average Bonchev–Trinajstić information content (AvgIpc) is 2.28. The van der Waals surface area contributed by atoms with E-state index < -0.39 is 6.09 Å². The Morgan fingerprint density at radius 2 is 2.00 bits per heavy atom. The van der Waals surface area contributed by atoms with E-state index in [0.29, 0.717) is 5.69 Å². The zero-order chi connectivity index (χ0) is 12.8. The fourth-order valence-electron chi connectivity index (χ4n) is 1.61. The molecule has 0 saturated carbocycles. The lowest BCUT2D eigenvalue weighted by molar-refractivity contribution is 0.187. The molecule has 0 atom stereocenters. The summed E-state index contributed by atoms with van der Waals surface area (Å²) in [7, 11) is 1.32. The SMILES string of the molecule is COC(=O)Nc1cc(C)c(NCC#N)c(C)c1. The highest BCUT2D eigenvalue weighted by Crippen LogP contribution is 2.24. The molecule has 1 amide bonds. The first-order valence-electron chi connectivity index (χ1n) is 5.15. The van der Waals surface area contributed by atoms with Crippen LogP contribution in [0, 0.1) is 25.2 Å². The van der Waals surface area contributed by atoms with E-state index in [-0.39, 0.29) is 6.54 Å². The van der Waals surface area contributed by atoms with Gasteiger partial charge in [0.1, 0.15) is 6.54 Å². The van der Waals surface area contributed by atoms with Crippen molar-refractivity contribution in [2.45, 2.75) is 13.8 Å².